The number of carbonyl (C=O) groups is 1. The summed E-state index contributed by atoms with van der Waals surface area (Å²) in [4.78, 5) is 22.3. The van der Waals surface area contributed by atoms with Crippen molar-refractivity contribution in [1.29, 1.82) is 5.26 Å². The molecule has 0 saturated carbocycles. The highest BCUT2D eigenvalue weighted by atomic mass is 16.5. The van der Waals surface area contributed by atoms with E-state index in [-0.39, 0.29) is 23.3 Å². The van der Waals surface area contributed by atoms with Gasteiger partial charge in [0.05, 0.1) is 18.1 Å². The second-order valence-electron chi connectivity index (χ2n) is 6.02. The van der Waals surface area contributed by atoms with Crippen LogP contribution in [0.5, 0.6) is 0 Å². The van der Waals surface area contributed by atoms with Gasteiger partial charge in [-0.25, -0.2) is 9.97 Å². The van der Waals surface area contributed by atoms with Gasteiger partial charge in [0.1, 0.15) is 11.9 Å². The third-order valence-corrected chi connectivity index (χ3v) is 4.36. The van der Waals surface area contributed by atoms with Crippen molar-refractivity contribution in [2.45, 2.75) is 18.9 Å². The lowest BCUT2D eigenvalue weighted by atomic mass is 10.1. The van der Waals surface area contributed by atoms with Gasteiger partial charge in [-0.2, -0.15) is 5.26 Å². The Morgan fingerprint density at radius 1 is 1.26 bits per heavy atom. The number of hydrogen-bond donors (Lipinski definition) is 2. The molecule has 3 rings (SSSR count). The molecule has 2 N–H and O–H groups in total. The minimum Gasteiger partial charge on any atom is -0.381 e. The maximum absolute atomic E-state index is 12.2. The number of aromatic nitrogens is 4. The van der Waals surface area contributed by atoms with E-state index in [2.05, 4.69) is 30.8 Å². The highest BCUT2D eigenvalue weighted by molar-refractivity contribution is 5.97. The van der Waals surface area contributed by atoms with E-state index in [9.17, 15) is 4.79 Å². The molecule has 1 saturated heterocycles. The largest absolute Gasteiger partial charge is 0.381 e. The molecule has 27 heavy (non-hydrogen) atoms. The fourth-order valence-corrected chi connectivity index (χ4v) is 2.84. The summed E-state index contributed by atoms with van der Waals surface area (Å²) in [6, 6.07) is 3.92. The molecule has 2 aromatic rings. The SMILES string of the molecule is CNC(=O)c1nnc(Nc2cnc(C#N)cn2)cc1N(C)C1CCOCC1. The quantitative estimate of drug-likeness (QED) is 0.789. The summed E-state index contributed by atoms with van der Waals surface area (Å²) < 4.78 is 5.42. The summed E-state index contributed by atoms with van der Waals surface area (Å²) in [5.74, 6) is 0.548. The van der Waals surface area contributed by atoms with Crippen molar-refractivity contribution in [2.75, 3.05) is 37.5 Å². The van der Waals surface area contributed by atoms with Crippen molar-refractivity contribution in [3.63, 3.8) is 0 Å². The molecule has 10 nitrogen and oxygen atoms in total. The van der Waals surface area contributed by atoms with E-state index in [1.54, 1.807) is 13.1 Å². The van der Waals surface area contributed by atoms with Crippen molar-refractivity contribution in [3.8, 4) is 6.07 Å². The van der Waals surface area contributed by atoms with Gasteiger partial charge >= 0.3 is 0 Å². The summed E-state index contributed by atoms with van der Waals surface area (Å²) in [6.45, 7) is 1.38. The predicted molar refractivity (Wildman–Crippen MR) is 97.7 cm³/mol. The molecule has 10 heteroatoms. The van der Waals surface area contributed by atoms with E-state index in [0.717, 1.165) is 12.8 Å². The first-order valence-electron chi connectivity index (χ1n) is 8.52. The minimum absolute atomic E-state index is 0.224. The highest BCUT2D eigenvalue weighted by Gasteiger charge is 2.24. The van der Waals surface area contributed by atoms with Crippen LogP contribution in [0.15, 0.2) is 18.5 Å². The Bertz CT molecular complexity index is 843. The molecule has 0 aliphatic carbocycles. The van der Waals surface area contributed by atoms with Gasteiger partial charge in [0.25, 0.3) is 5.91 Å². The van der Waals surface area contributed by atoms with Gasteiger partial charge in [-0.3, -0.25) is 4.79 Å². The number of nitrogens with one attached hydrogen (secondary N) is 2. The molecule has 140 valence electrons. The third-order valence-electron chi connectivity index (χ3n) is 4.36. The number of amides is 1. The summed E-state index contributed by atoms with van der Waals surface area (Å²) >= 11 is 0. The van der Waals surface area contributed by atoms with Crippen LogP contribution < -0.4 is 15.5 Å². The number of anilines is 3. The summed E-state index contributed by atoms with van der Waals surface area (Å²) in [6.07, 6.45) is 4.55. The first-order chi connectivity index (χ1) is 13.1. The van der Waals surface area contributed by atoms with Gasteiger partial charge in [0.2, 0.25) is 0 Å². The number of nitriles is 1. The molecule has 0 unspecified atom stereocenters. The zero-order chi connectivity index (χ0) is 19.2. The van der Waals surface area contributed by atoms with Crippen molar-refractivity contribution >= 4 is 23.2 Å². The van der Waals surface area contributed by atoms with Gasteiger partial charge in [0.15, 0.2) is 17.2 Å². The second kappa shape index (κ2) is 8.37. The molecule has 1 aliphatic rings. The van der Waals surface area contributed by atoms with Gasteiger partial charge in [0, 0.05) is 39.4 Å². The molecule has 3 heterocycles. The van der Waals surface area contributed by atoms with Crippen molar-refractivity contribution < 1.29 is 9.53 Å². The number of ether oxygens (including phenoxy) is 1. The van der Waals surface area contributed by atoms with Crippen LogP contribution in [-0.4, -0.2) is 59.4 Å². The lowest BCUT2D eigenvalue weighted by Gasteiger charge is -2.33. The Hall–Kier alpha value is -3.32. The third kappa shape index (κ3) is 4.27. The van der Waals surface area contributed by atoms with Gasteiger partial charge in [-0.15, -0.1) is 10.2 Å². The lowest BCUT2D eigenvalue weighted by molar-refractivity contribution is 0.0853. The van der Waals surface area contributed by atoms with Crippen LogP contribution in [0.3, 0.4) is 0 Å². The summed E-state index contributed by atoms with van der Waals surface area (Å²) in [5.41, 5.74) is 1.14. The molecule has 0 spiro atoms. The first kappa shape index (κ1) is 18.5. The number of rotatable bonds is 5. The van der Waals surface area contributed by atoms with E-state index in [1.165, 1.54) is 12.4 Å². The minimum atomic E-state index is -0.305. The van der Waals surface area contributed by atoms with Gasteiger partial charge in [-0.1, -0.05) is 0 Å². The van der Waals surface area contributed by atoms with Crippen LogP contribution in [0.1, 0.15) is 29.0 Å². The van der Waals surface area contributed by atoms with Gasteiger partial charge in [-0.05, 0) is 12.8 Å². The molecule has 0 bridgehead atoms. The highest BCUT2D eigenvalue weighted by Crippen LogP contribution is 2.26. The molecule has 0 atom stereocenters. The second-order valence-corrected chi connectivity index (χ2v) is 6.02. The van der Waals surface area contributed by atoms with E-state index >= 15 is 0 Å². The Labute approximate surface area is 156 Å². The average molecular weight is 368 g/mol. The van der Waals surface area contributed by atoms with E-state index in [0.29, 0.717) is 30.5 Å². The monoisotopic (exact) mass is 368 g/mol. The molecular weight excluding hydrogens is 348 g/mol. The topological polar surface area (TPSA) is 129 Å². The molecule has 0 aromatic carbocycles. The predicted octanol–water partition coefficient (Wildman–Crippen LogP) is 0.857. The number of nitrogens with zero attached hydrogens (tertiary/aromatic N) is 6. The average Bonchev–Trinajstić information content (AvgIpc) is 2.73. The van der Waals surface area contributed by atoms with E-state index < -0.39 is 0 Å². The normalized spacial score (nSPS) is 14.3. The zero-order valence-electron chi connectivity index (χ0n) is 15.1. The fourth-order valence-electron chi connectivity index (χ4n) is 2.84. The maximum atomic E-state index is 12.2. The Balaban J connectivity index is 1.89. The smallest absolute Gasteiger partial charge is 0.273 e. The molecule has 2 aromatic heterocycles. The molecule has 1 aliphatic heterocycles. The summed E-state index contributed by atoms with van der Waals surface area (Å²) in [7, 11) is 3.49. The Morgan fingerprint density at radius 2 is 2.04 bits per heavy atom. The van der Waals surface area contributed by atoms with Crippen LogP contribution in [0, 0.1) is 11.3 Å². The zero-order valence-corrected chi connectivity index (χ0v) is 15.1. The van der Waals surface area contributed by atoms with Crippen molar-refractivity contribution in [2.24, 2.45) is 0 Å². The van der Waals surface area contributed by atoms with E-state index in [4.69, 9.17) is 10.00 Å². The standard InChI is InChI=1S/C17H20N8O2/c1-19-17(26)16-13(25(2)12-3-5-27-6-4-12)7-14(23-24-16)22-15-10-20-11(8-18)9-21-15/h7,9-10,12H,3-6H2,1-2H3,(H,19,26)(H,21,22,23). The molecule has 1 fully saturated rings. The summed E-state index contributed by atoms with van der Waals surface area (Å²) in [5, 5.41) is 22.6. The maximum Gasteiger partial charge on any atom is 0.273 e. The van der Waals surface area contributed by atoms with Crippen LogP contribution in [0.2, 0.25) is 0 Å². The van der Waals surface area contributed by atoms with E-state index in [1.807, 2.05) is 18.0 Å². The van der Waals surface area contributed by atoms with Crippen LogP contribution in [-0.2, 0) is 4.74 Å². The number of hydrogen-bond acceptors (Lipinski definition) is 9. The van der Waals surface area contributed by atoms with Crippen molar-refractivity contribution in [1.82, 2.24) is 25.5 Å². The molecule has 1 amide bonds. The van der Waals surface area contributed by atoms with Crippen LogP contribution >= 0.6 is 0 Å². The van der Waals surface area contributed by atoms with Crippen LogP contribution in [0.25, 0.3) is 0 Å². The van der Waals surface area contributed by atoms with Gasteiger partial charge < -0.3 is 20.3 Å². The Morgan fingerprint density at radius 3 is 2.67 bits per heavy atom. The Kier molecular flexibility index (Phi) is 5.73. The van der Waals surface area contributed by atoms with Crippen LogP contribution in [0.4, 0.5) is 17.3 Å². The first-order valence-corrected chi connectivity index (χ1v) is 8.52. The van der Waals surface area contributed by atoms with Crippen molar-refractivity contribution in [3.05, 3.63) is 29.8 Å². The number of carbonyl (C=O) groups excluding carboxylic acids is 1. The molecule has 0 radical (unpaired) electrons. The lowest BCUT2D eigenvalue weighted by Crippen LogP contribution is -2.38. The fraction of sp³-hybridized carbons (Fsp3) is 0.412. The molecular formula is C17H20N8O2.